The number of hydrogen-bond donors (Lipinski definition) is 0. The summed E-state index contributed by atoms with van der Waals surface area (Å²) in [6.07, 6.45) is 0. The fourth-order valence-corrected chi connectivity index (χ4v) is 0.790. The molecule has 0 aliphatic carbocycles. The van der Waals surface area contributed by atoms with Crippen molar-refractivity contribution in [2.75, 3.05) is 6.61 Å². The first-order valence-electron chi connectivity index (χ1n) is 3.26. The monoisotopic (exact) mass is 185 g/mol. The van der Waals surface area contributed by atoms with Crippen LogP contribution in [0.2, 0.25) is 5.02 Å². The Bertz CT molecular complexity index is 268. The van der Waals surface area contributed by atoms with Crippen LogP contribution in [0.1, 0.15) is 0 Å². The van der Waals surface area contributed by atoms with Crippen molar-refractivity contribution in [1.82, 2.24) is 0 Å². The number of hydrogen-bond acceptors (Lipinski definition) is 2. The predicted octanol–water partition coefficient (Wildman–Crippen LogP) is 1.68. The van der Waals surface area contributed by atoms with Gasteiger partial charge >= 0.3 is 5.97 Å². The molecule has 0 bridgehead atoms. The zero-order valence-corrected chi connectivity index (χ0v) is 6.88. The summed E-state index contributed by atoms with van der Waals surface area (Å²) in [4.78, 5) is 10.5. The van der Waals surface area contributed by atoms with Crippen LogP contribution < -0.4 is 4.74 Å². The van der Waals surface area contributed by atoms with Crippen LogP contribution in [0.3, 0.4) is 0 Å². The van der Waals surface area contributed by atoms with E-state index in [4.69, 9.17) is 11.6 Å². The molecular weight excluding hydrogens is 180 g/mol. The molecule has 0 unspecified atom stereocenters. The molecule has 0 N–H and O–H groups in total. The number of benzene rings is 1. The second-order valence-electron chi connectivity index (χ2n) is 2.07. The standard InChI is InChI=1S/C8H6ClO3/c9-6-1-3-7(4-2-6)12-8(11)5-10/h1-4H,5H2. The number of halogens is 1. The first kappa shape index (κ1) is 9.03. The predicted molar refractivity (Wildman–Crippen MR) is 42.6 cm³/mol. The van der Waals surface area contributed by atoms with Gasteiger partial charge in [-0.25, -0.2) is 9.90 Å². The summed E-state index contributed by atoms with van der Waals surface area (Å²) >= 11 is 5.58. The quantitative estimate of drug-likeness (QED) is 0.520. The third-order valence-electron chi connectivity index (χ3n) is 1.16. The van der Waals surface area contributed by atoms with E-state index >= 15 is 0 Å². The van der Waals surface area contributed by atoms with Gasteiger partial charge in [-0.3, -0.25) is 0 Å². The van der Waals surface area contributed by atoms with Gasteiger partial charge in [-0.15, -0.1) is 0 Å². The third kappa shape index (κ3) is 2.53. The van der Waals surface area contributed by atoms with Crippen molar-refractivity contribution in [1.29, 1.82) is 0 Å². The number of carbonyl (C=O) groups is 1. The maximum absolute atomic E-state index is 10.5. The highest BCUT2D eigenvalue weighted by atomic mass is 35.5. The van der Waals surface area contributed by atoms with Crippen LogP contribution in [-0.2, 0) is 9.90 Å². The number of rotatable bonds is 2. The van der Waals surface area contributed by atoms with E-state index in [1.165, 1.54) is 12.1 Å². The molecule has 3 nitrogen and oxygen atoms in total. The summed E-state index contributed by atoms with van der Waals surface area (Å²) in [6, 6.07) is 6.20. The molecule has 0 fully saturated rings. The Morgan fingerprint density at radius 2 is 1.92 bits per heavy atom. The van der Waals surface area contributed by atoms with Gasteiger partial charge in [0.25, 0.3) is 0 Å². The maximum atomic E-state index is 10.5. The molecule has 0 spiro atoms. The molecule has 1 aromatic rings. The molecule has 1 radical (unpaired) electrons. The molecule has 0 aliphatic heterocycles. The van der Waals surface area contributed by atoms with Crippen molar-refractivity contribution in [3.05, 3.63) is 29.3 Å². The summed E-state index contributed by atoms with van der Waals surface area (Å²) in [6.45, 7) is -0.872. The van der Waals surface area contributed by atoms with E-state index < -0.39 is 12.6 Å². The Balaban J connectivity index is 2.64. The van der Waals surface area contributed by atoms with Crippen LogP contribution in [0.25, 0.3) is 0 Å². The molecule has 0 atom stereocenters. The molecular formula is C8H6ClO3. The molecule has 4 heteroatoms. The minimum atomic E-state index is -0.872. The van der Waals surface area contributed by atoms with Gasteiger partial charge in [0.1, 0.15) is 5.75 Å². The van der Waals surface area contributed by atoms with E-state index in [0.29, 0.717) is 10.8 Å². The number of esters is 1. The first-order chi connectivity index (χ1) is 5.72. The molecule has 0 amide bonds. The van der Waals surface area contributed by atoms with Crippen molar-refractivity contribution >= 4 is 17.6 Å². The molecule has 0 saturated carbocycles. The van der Waals surface area contributed by atoms with Gasteiger partial charge in [0.05, 0.1) is 0 Å². The lowest BCUT2D eigenvalue weighted by Gasteiger charge is -2.00. The van der Waals surface area contributed by atoms with E-state index in [9.17, 15) is 9.90 Å². The molecule has 0 heterocycles. The van der Waals surface area contributed by atoms with Crippen LogP contribution in [-0.4, -0.2) is 12.6 Å². The Morgan fingerprint density at radius 3 is 2.42 bits per heavy atom. The lowest BCUT2D eigenvalue weighted by molar-refractivity contribution is -0.139. The minimum absolute atomic E-state index is 0.334. The second kappa shape index (κ2) is 4.09. The normalized spacial score (nSPS) is 9.50. The van der Waals surface area contributed by atoms with Gasteiger partial charge in [0.15, 0.2) is 6.61 Å². The molecule has 0 aromatic heterocycles. The van der Waals surface area contributed by atoms with Gasteiger partial charge in [0.2, 0.25) is 0 Å². The van der Waals surface area contributed by atoms with Crippen molar-refractivity contribution in [2.45, 2.75) is 0 Å². The van der Waals surface area contributed by atoms with Crippen LogP contribution >= 0.6 is 11.6 Å². The van der Waals surface area contributed by atoms with E-state index in [0.717, 1.165) is 0 Å². The van der Waals surface area contributed by atoms with Crippen LogP contribution in [0.4, 0.5) is 0 Å². The van der Waals surface area contributed by atoms with Gasteiger partial charge in [0, 0.05) is 5.02 Å². The first-order valence-corrected chi connectivity index (χ1v) is 3.64. The molecule has 1 rings (SSSR count). The van der Waals surface area contributed by atoms with Gasteiger partial charge < -0.3 is 4.74 Å². The second-order valence-corrected chi connectivity index (χ2v) is 2.51. The largest absolute Gasteiger partial charge is 0.425 e. The fraction of sp³-hybridized carbons (Fsp3) is 0.125. The van der Waals surface area contributed by atoms with Crippen LogP contribution in [0.5, 0.6) is 5.75 Å². The Hall–Kier alpha value is -1.06. The minimum Gasteiger partial charge on any atom is -0.425 e. The summed E-state index contributed by atoms with van der Waals surface area (Å²) in [5.74, 6) is -0.461. The topological polar surface area (TPSA) is 46.2 Å². The highest BCUT2D eigenvalue weighted by Crippen LogP contribution is 2.15. The average molecular weight is 186 g/mol. The van der Waals surface area contributed by atoms with E-state index in [1.807, 2.05) is 0 Å². The van der Waals surface area contributed by atoms with Crippen LogP contribution in [0.15, 0.2) is 24.3 Å². The van der Waals surface area contributed by atoms with Crippen molar-refractivity contribution in [3.8, 4) is 5.75 Å². The SMILES string of the molecule is [O]CC(=O)Oc1ccc(Cl)cc1. The maximum Gasteiger partial charge on any atom is 0.340 e. The summed E-state index contributed by atoms with van der Waals surface area (Å²) in [7, 11) is 0. The Labute approximate surface area is 74.5 Å². The van der Waals surface area contributed by atoms with Crippen molar-refractivity contribution in [3.63, 3.8) is 0 Å². The molecule has 12 heavy (non-hydrogen) atoms. The van der Waals surface area contributed by atoms with Crippen molar-refractivity contribution in [2.24, 2.45) is 0 Å². The van der Waals surface area contributed by atoms with E-state index in [2.05, 4.69) is 4.74 Å². The van der Waals surface area contributed by atoms with Crippen LogP contribution in [0, 0.1) is 0 Å². The molecule has 63 valence electrons. The number of carbonyl (C=O) groups excluding carboxylic acids is 1. The average Bonchev–Trinajstić information content (AvgIpc) is 2.09. The fourth-order valence-electron chi connectivity index (χ4n) is 0.664. The van der Waals surface area contributed by atoms with Gasteiger partial charge in [-0.05, 0) is 24.3 Å². The molecule has 0 saturated heterocycles. The Kier molecular flexibility index (Phi) is 3.08. The van der Waals surface area contributed by atoms with E-state index in [1.54, 1.807) is 12.1 Å². The highest BCUT2D eigenvalue weighted by molar-refractivity contribution is 6.30. The summed E-state index contributed by atoms with van der Waals surface area (Å²) < 4.78 is 4.61. The Morgan fingerprint density at radius 1 is 1.33 bits per heavy atom. The third-order valence-corrected chi connectivity index (χ3v) is 1.42. The van der Waals surface area contributed by atoms with E-state index in [-0.39, 0.29) is 0 Å². The van der Waals surface area contributed by atoms with Crippen molar-refractivity contribution < 1.29 is 14.6 Å². The zero-order chi connectivity index (χ0) is 8.97. The molecule has 0 aliphatic rings. The lowest BCUT2D eigenvalue weighted by atomic mass is 10.3. The highest BCUT2D eigenvalue weighted by Gasteiger charge is 2.01. The van der Waals surface area contributed by atoms with Gasteiger partial charge in [-0.2, -0.15) is 0 Å². The summed E-state index contributed by atoms with van der Waals surface area (Å²) in [5.41, 5.74) is 0. The smallest absolute Gasteiger partial charge is 0.340 e. The zero-order valence-electron chi connectivity index (χ0n) is 6.12. The molecule has 1 aromatic carbocycles. The number of ether oxygens (including phenoxy) is 1. The summed E-state index contributed by atoms with van der Waals surface area (Å²) in [5, 5.41) is 10.6. The van der Waals surface area contributed by atoms with Gasteiger partial charge in [-0.1, -0.05) is 11.6 Å². The lowest BCUT2D eigenvalue weighted by Crippen LogP contribution is -2.10.